The lowest BCUT2D eigenvalue weighted by Gasteiger charge is -1.95. The van der Waals surface area contributed by atoms with Crippen LogP contribution in [0.4, 0.5) is 0 Å². The second kappa shape index (κ2) is 3.47. The summed E-state index contributed by atoms with van der Waals surface area (Å²) in [7, 11) is 0. The van der Waals surface area contributed by atoms with Crippen molar-refractivity contribution in [2.75, 3.05) is 0 Å². The van der Waals surface area contributed by atoms with Gasteiger partial charge in [-0.1, -0.05) is 17.7 Å². The van der Waals surface area contributed by atoms with E-state index in [0.29, 0.717) is 4.47 Å². The van der Waals surface area contributed by atoms with E-state index in [2.05, 4.69) is 15.0 Å². The van der Waals surface area contributed by atoms with Gasteiger partial charge in [0.15, 0.2) is 4.47 Å². The minimum atomic E-state index is -0.205. The number of aromatic amines is 2. The summed E-state index contributed by atoms with van der Waals surface area (Å²) in [5.74, 6) is 0. The highest BCUT2D eigenvalue weighted by molar-refractivity contribution is 7.14. The summed E-state index contributed by atoms with van der Waals surface area (Å²) in [5.41, 5.74) is 3.11. The summed E-state index contributed by atoms with van der Waals surface area (Å²) in [5, 5.41) is 1.88. The van der Waals surface area contributed by atoms with Gasteiger partial charge in [-0.25, -0.2) is 9.78 Å². The molecular weight excluding hydrogens is 246 g/mol. The van der Waals surface area contributed by atoms with Gasteiger partial charge in [-0.05, 0) is 12.1 Å². The molecule has 0 saturated heterocycles. The SMILES string of the molecule is O=c1[nH]c2ccc(-c3csc(Cl)n3)cc2[nH]1. The first-order chi connectivity index (χ1) is 7.72. The van der Waals surface area contributed by atoms with Crippen LogP contribution in [-0.4, -0.2) is 15.0 Å². The molecule has 16 heavy (non-hydrogen) atoms. The van der Waals surface area contributed by atoms with Gasteiger partial charge in [0.25, 0.3) is 0 Å². The van der Waals surface area contributed by atoms with Crippen LogP contribution in [0.1, 0.15) is 0 Å². The van der Waals surface area contributed by atoms with Gasteiger partial charge in [0.1, 0.15) is 0 Å². The topological polar surface area (TPSA) is 61.5 Å². The Hall–Kier alpha value is -1.59. The molecule has 2 N–H and O–H groups in total. The highest BCUT2D eigenvalue weighted by Gasteiger charge is 2.05. The lowest BCUT2D eigenvalue weighted by Crippen LogP contribution is -1.99. The van der Waals surface area contributed by atoms with E-state index in [1.54, 1.807) is 0 Å². The summed E-state index contributed by atoms with van der Waals surface area (Å²) >= 11 is 7.16. The van der Waals surface area contributed by atoms with Gasteiger partial charge in [0.05, 0.1) is 16.7 Å². The van der Waals surface area contributed by atoms with Crippen LogP contribution in [0.15, 0.2) is 28.4 Å². The van der Waals surface area contributed by atoms with Crippen molar-refractivity contribution in [1.29, 1.82) is 0 Å². The summed E-state index contributed by atoms with van der Waals surface area (Å²) < 4.78 is 0.512. The Morgan fingerprint density at radius 3 is 2.81 bits per heavy atom. The van der Waals surface area contributed by atoms with Crippen LogP contribution < -0.4 is 5.69 Å². The van der Waals surface area contributed by atoms with Crippen molar-refractivity contribution in [2.24, 2.45) is 0 Å². The number of H-pyrrole nitrogens is 2. The number of hydrogen-bond donors (Lipinski definition) is 2. The Balaban J connectivity index is 2.21. The van der Waals surface area contributed by atoms with Crippen LogP contribution in [-0.2, 0) is 0 Å². The maximum atomic E-state index is 11.1. The standard InChI is InChI=1S/C10H6ClN3OS/c11-9-12-8(4-16-9)5-1-2-6-7(3-5)14-10(15)13-6/h1-4H,(H2,13,14,15). The number of halogens is 1. The fourth-order valence-electron chi connectivity index (χ4n) is 1.58. The third-order valence-corrected chi connectivity index (χ3v) is 3.27. The normalized spacial score (nSPS) is 11.1. The zero-order valence-corrected chi connectivity index (χ0v) is 9.52. The van der Waals surface area contributed by atoms with Gasteiger partial charge < -0.3 is 9.97 Å². The quantitative estimate of drug-likeness (QED) is 0.698. The molecule has 80 valence electrons. The predicted molar refractivity (Wildman–Crippen MR) is 65.0 cm³/mol. The van der Waals surface area contributed by atoms with Gasteiger partial charge in [0, 0.05) is 10.9 Å². The highest BCUT2D eigenvalue weighted by Crippen LogP contribution is 2.26. The maximum Gasteiger partial charge on any atom is 0.323 e. The number of hydrogen-bond acceptors (Lipinski definition) is 3. The molecule has 0 saturated carbocycles. The third kappa shape index (κ3) is 1.54. The Bertz CT molecular complexity index is 712. The van der Waals surface area contributed by atoms with Crippen LogP contribution in [0.5, 0.6) is 0 Å². The predicted octanol–water partition coefficient (Wildman–Crippen LogP) is 2.63. The van der Waals surface area contributed by atoms with Gasteiger partial charge in [-0.3, -0.25) is 0 Å². The Labute approximate surface area is 98.9 Å². The first kappa shape index (κ1) is 9.62. The number of fused-ring (bicyclic) bond motifs is 1. The summed E-state index contributed by atoms with van der Waals surface area (Å²) in [6.07, 6.45) is 0. The monoisotopic (exact) mass is 251 g/mol. The fraction of sp³-hybridized carbons (Fsp3) is 0. The second-order valence-electron chi connectivity index (χ2n) is 3.33. The first-order valence-electron chi connectivity index (χ1n) is 4.56. The fourth-order valence-corrected chi connectivity index (χ4v) is 2.35. The van der Waals surface area contributed by atoms with Crippen LogP contribution in [0.25, 0.3) is 22.3 Å². The molecule has 6 heteroatoms. The lowest BCUT2D eigenvalue weighted by molar-refractivity contribution is 1.21. The van der Waals surface area contributed by atoms with Gasteiger partial charge in [0.2, 0.25) is 0 Å². The number of nitrogens with one attached hydrogen (secondary N) is 2. The molecule has 0 aliphatic heterocycles. The molecule has 2 heterocycles. The molecule has 0 aliphatic carbocycles. The molecular formula is C10H6ClN3OS. The summed E-state index contributed by atoms with van der Waals surface area (Å²) in [6, 6.07) is 5.62. The van der Waals surface area contributed by atoms with Gasteiger partial charge in [-0.2, -0.15) is 0 Å². The number of aromatic nitrogens is 3. The molecule has 2 aromatic heterocycles. The van der Waals surface area contributed by atoms with Crippen LogP contribution in [0.3, 0.4) is 0 Å². The minimum Gasteiger partial charge on any atom is -0.306 e. The number of imidazole rings is 1. The highest BCUT2D eigenvalue weighted by atomic mass is 35.5. The molecule has 0 atom stereocenters. The van der Waals surface area contributed by atoms with Crippen molar-refractivity contribution in [3.63, 3.8) is 0 Å². The zero-order chi connectivity index (χ0) is 11.1. The van der Waals surface area contributed by atoms with E-state index in [1.807, 2.05) is 23.6 Å². The van der Waals surface area contributed by atoms with Crippen LogP contribution >= 0.6 is 22.9 Å². The molecule has 0 unspecified atom stereocenters. The molecule has 3 aromatic rings. The smallest absolute Gasteiger partial charge is 0.306 e. The van der Waals surface area contributed by atoms with Crippen molar-refractivity contribution in [2.45, 2.75) is 0 Å². The van der Waals surface area contributed by atoms with Crippen LogP contribution in [0.2, 0.25) is 4.47 Å². The number of nitrogens with zero attached hydrogens (tertiary/aromatic N) is 1. The van der Waals surface area contributed by atoms with Crippen molar-refractivity contribution < 1.29 is 0 Å². The summed E-state index contributed by atoms with van der Waals surface area (Å²) in [6.45, 7) is 0. The third-order valence-electron chi connectivity index (χ3n) is 2.29. The largest absolute Gasteiger partial charge is 0.323 e. The molecule has 0 aliphatic rings. The molecule has 0 amide bonds. The Morgan fingerprint density at radius 2 is 2.06 bits per heavy atom. The molecule has 1 aromatic carbocycles. The maximum absolute atomic E-state index is 11.1. The van der Waals surface area contributed by atoms with E-state index in [-0.39, 0.29) is 5.69 Å². The lowest BCUT2D eigenvalue weighted by atomic mass is 10.1. The van der Waals surface area contributed by atoms with Gasteiger partial charge in [-0.15, -0.1) is 11.3 Å². The van der Waals surface area contributed by atoms with Gasteiger partial charge >= 0.3 is 5.69 Å². The molecule has 0 bridgehead atoms. The van der Waals surface area contributed by atoms with Crippen molar-refractivity contribution in [3.8, 4) is 11.3 Å². The molecule has 0 radical (unpaired) electrons. The van der Waals surface area contributed by atoms with E-state index in [1.165, 1.54) is 11.3 Å². The van der Waals surface area contributed by atoms with E-state index in [9.17, 15) is 4.79 Å². The van der Waals surface area contributed by atoms with E-state index in [4.69, 9.17) is 11.6 Å². The second-order valence-corrected chi connectivity index (χ2v) is 4.77. The molecule has 3 rings (SSSR count). The molecule has 0 fully saturated rings. The van der Waals surface area contributed by atoms with Crippen molar-refractivity contribution in [1.82, 2.24) is 15.0 Å². The van der Waals surface area contributed by atoms with E-state index < -0.39 is 0 Å². The average Bonchev–Trinajstić information content (AvgIpc) is 2.81. The first-order valence-corrected chi connectivity index (χ1v) is 5.81. The van der Waals surface area contributed by atoms with Crippen LogP contribution in [0, 0.1) is 0 Å². The zero-order valence-electron chi connectivity index (χ0n) is 7.95. The number of thiazole rings is 1. The average molecular weight is 252 g/mol. The Morgan fingerprint density at radius 1 is 1.25 bits per heavy atom. The molecule has 0 spiro atoms. The van der Waals surface area contributed by atoms with E-state index >= 15 is 0 Å². The molecule has 4 nitrogen and oxygen atoms in total. The minimum absolute atomic E-state index is 0.205. The number of rotatable bonds is 1. The van der Waals surface area contributed by atoms with Crippen molar-refractivity contribution >= 4 is 34.0 Å². The number of benzene rings is 1. The van der Waals surface area contributed by atoms with Crippen molar-refractivity contribution in [3.05, 3.63) is 38.5 Å². The van der Waals surface area contributed by atoms with E-state index in [0.717, 1.165) is 22.3 Å². The summed E-state index contributed by atoms with van der Waals surface area (Å²) in [4.78, 5) is 20.7. The Kier molecular flexibility index (Phi) is 2.08.